The Kier molecular flexibility index (Phi) is 3.95. The quantitative estimate of drug-likeness (QED) is 0.932. The average molecular weight is 302 g/mol. The Bertz CT molecular complexity index is 662. The molecule has 0 unspecified atom stereocenters. The van der Waals surface area contributed by atoms with Crippen LogP contribution in [-0.2, 0) is 11.8 Å². The third kappa shape index (κ3) is 3.03. The summed E-state index contributed by atoms with van der Waals surface area (Å²) in [5.74, 6) is -0.144. The smallest absolute Gasteiger partial charge is 0.289 e. The average Bonchev–Trinajstić information content (AvgIpc) is 3.18. The van der Waals surface area contributed by atoms with Gasteiger partial charge in [-0.25, -0.2) is 0 Å². The van der Waals surface area contributed by atoms with Crippen LogP contribution < -0.4 is 5.32 Å². The summed E-state index contributed by atoms with van der Waals surface area (Å²) in [4.78, 5) is 26.3. The van der Waals surface area contributed by atoms with Crippen LogP contribution in [0, 0.1) is 5.92 Å². The molecule has 7 heteroatoms. The van der Waals surface area contributed by atoms with Crippen molar-refractivity contribution in [2.75, 3.05) is 18.4 Å². The van der Waals surface area contributed by atoms with Crippen molar-refractivity contribution in [3.05, 3.63) is 36.5 Å². The topological polar surface area (TPSA) is 80.4 Å². The number of carbonyl (C=O) groups excluding carboxylic acids is 2. The van der Waals surface area contributed by atoms with Gasteiger partial charge in [0.15, 0.2) is 5.76 Å². The monoisotopic (exact) mass is 302 g/mol. The van der Waals surface area contributed by atoms with Crippen molar-refractivity contribution in [1.29, 1.82) is 0 Å². The van der Waals surface area contributed by atoms with Crippen LogP contribution in [0.3, 0.4) is 0 Å². The lowest BCUT2D eigenvalue weighted by atomic mass is 9.97. The van der Waals surface area contributed by atoms with Gasteiger partial charge in [-0.3, -0.25) is 14.3 Å². The molecule has 0 aromatic carbocycles. The van der Waals surface area contributed by atoms with Gasteiger partial charge in [0.1, 0.15) is 0 Å². The molecule has 1 fully saturated rings. The molecular weight excluding hydrogens is 284 g/mol. The number of amides is 2. The SMILES string of the molecule is Cn1cc(NC(=O)[C@H]2CCCN(C(=O)c3ccco3)C2)cn1. The summed E-state index contributed by atoms with van der Waals surface area (Å²) >= 11 is 0. The zero-order valence-electron chi connectivity index (χ0n) is 12.4. The second-order valence-corrected chi connectivity index (χ2v) is 5.46. The van der Waals surface area contributed by atoms with E-state index in [1.54, 1.807) is 41.2 Å². The molecule has 0 aliphatic carbocycles. The third-order valence-corrected chi connectivity index (χ3v) is 3.78. The van der Waals surface area contributed by atoms with E-state index < -0.39 is 0 Å². The first kappa shape index (κ1) is 14.4. The van der Waals surface area contributed by atoms with Crippen LogP contribution >= 0.6 is 0 Å². The van der Waals surface area contributed by atoms with Crippen molar-refractivity contribution in [3.63, 3.8) is 0 Å². The molecule has 1 atom stereocenters. The van der Waals surface area contributed by atoms with E-state index in [9.17, 15) is 9.59 Å². The van der Waals surface area contributed by atoms with Gasteiger partial charge in [0.2, 0.25) is 5.91 Å². The molecule has 3 rings (SSSR count). The number of piperidine rings is 1. The predicted molar refractivity (Wildman–Crippen MR) is 79.2 cm³/mol. The van der Waals surface area contributed by atoms with Crippen molar-refractivity contribution < 1.29 is 14.0 Å². The summed E-state index contributed by atoms with van der Waals surface area (Å²) in [6.45, 7) is 1.06. The molecule has 2 aromatic rings. The molecule has 116 valence electrons. The van der Waals surface area contributed by atoms with E-state index in [1.807, 2.05) is 0 Å². The van der Waals surface area contributed by atoms with Gasteiger partial charge in [0.05, 0.1) is 24.1 Å². The molecule has 22 heavy (non-hydrogen) atoms. The summed E-state index contributed by atoms with van der Waals surface area (Å²) in [5, 5.41) is 6.86. The van der Waals surface area contributed by atoms with Crippen LogP contribution in [0.25, 0.3) is 0 Å². The van der Waals surface area contributed by atoms with E-state index >= 15 is 0 Å². The highest BCUT2D eigenvalue weighted by Gasteiger charge is 2.30. The molecule has 0 spiro atoms. The molecule has 1 N–H and O–H groups in total. The number of furan rings is 1. The number of hydrogen-bond acceptors (Lipinski definition) is 4. The number of anilines is 1. The van der Waals surface area contributed by atoms with Gasteiger partial charge in [0, 0.05) is 26.3 Å². The largest absolute Gasteiger partial charge is 0.459 e. The summed E-state index contributed by atoms with van der Waals surface area (Å²) in [6, 6.07) is 3.32. The fraction of sp³-hybridized carbons (Fsp3) is 0.400. The van der Waals surface area contributed by atoms with Crippen molar-refractivity contribution in [2.24, 2.45) is 13.0 Å². The van der Waals surface area contributed by atoms with Gasteiger partial charge in [-0.05, 0) is 25.0 Å². The van der Waals surface area contributed by atoms with Gasteiger partial charge in [-0.1, -0.05) is 0 Å². The zero-order chi connectivity index (χ0) is 15.5. The maximum absolute atomic E-state index is 12.3. The fourth-order valence-corrected chi connectivity index (χ4v) is 2.66. The second-order valence-electron chi connectivity index (χ2n) is 5.46. The number of aromatic nitrogens is 2. The standard InChI is InChI=1S/C15H18N4O3/c1-18-10-12(8-16-18)17-14(20)11-4-2-6-19(9-11)15(21)13-5-3-7-22-13/h3,5,7-8,10-11H,2,4,6,9H2,1H3,(H,17,20)/t11-/m0/s1. The van der Waals surface area contributed by atoms with Crippen LogP contribution in [0.1, 0.15) is 23.4 Å². The number of nitrogens with zero attached hydrogens (tertiary/aromatic N) is 3. The Balaban J connectivity index is 1.62. The molecule has 1 aliphatic heterocycles. The lowest BCUT2D eigenvalue weighted by molar-refractivity contribution is -0.121. The highest BCUT2D eigenvalue weighted by atomic mass is 16.3. The highest BCUT2D eigenvalue weighted by molar-refractivity contribution is 5.94. The number of aryl methyl sites for hydroxylation is 1. The molecule has 1 aliphatic rings. The summed E-state index contributed by atoms with van der Waals surface area (Å²) < 4.78 is 6.77. The molecule has 2 aromatic heterocycles. The van der Waals surface area contributed by atoms with E-state index in [-0.39, 0.29) is 17.7 Å². The molecule has 0 radical (unpaired) electrons. The minimum atomic E-state index is -0.215. The van der Waals surface area contributed by atoms with Crippen LogP contribution in [0.2, 0.25) is 0 Å². The van der Waals surface area contributed by atoms with E-state index in [0.29, 0.717) is 24.5 Å². The molecule has 0 saturated carbocycles. The molecule has 2 amide bonds. The van der Waals surface area contributed by atoms with Crippen LogP contribution in [0.15, 0.2) is 35.2 Å². The third-order valence-electron chi connectivity index (χ3n) is 3.78. The first-order valence-corrected chi connectivity index (χ1v) is 7.26. The predicted octanol–water partition coefficient (Wildman–Crippen LogP) is 1.50. The number of likely N-dealkylation sites (tertiary alicyclic amines) is 1. The molecule has 0 bridgehead atoms. The van der Waals surface area contributed by atoms with Gasteiger partial charge in [-0.2, -0.15) is 5.10 Å². The Morgan fingerprint density at radius 2 is 2.32 bits per heavy atom. The normalized spacial score (nSPS) is 18.2. The van der Waals surface area contributed by atoms with Crippen molar-refractivity contribution in [1.82, 2.24) is 14.7 Å². The summed E-state index contributed by atoms with van der Waals surface area (Å²) in [6.07, 6.45) is 6.40. The van der Waals surface area contributed by atoms with Gasteiger partial charge in [0.25, 0.3) is 5.91 Å². The van der Waals surface area contributed by atoms with E-state index in [2.05, 4.69) is 10.4 Å². The van der Waals surface area contributed by atoms with Crippen LogP contribution in [0.5, 0.6) is 0 Å². The minimum absolute atomic E-state index is 0.0788. The second kappa shape index (κ2) is 6.05. The molecule has 1 saturated heterocycles. The summed E-state index contributed by atoms with van der Waals surface area (Å²) in [5.41, 5.74) is 0.669. The molecule has 7 nitrogen and oxygen atoms in total. The summed E-state index contributed by atoms with van der Waals surface area (Å²) in [7, 11) is 1.79. The van der Waals surface area contributed by atoms with Crippen molar-refractivity contribution >= 4 is 17.5 Å². The van der Waals surface area contributed by atoms with Gasteiger partial charge >= 0.3 is 0 Å². The minimum Gasteiger partial charge on any atom is -0.459 e. The first-order chi connectivity index (χ1) is 10.6. The van der Waals surface area contributed by atoms with Gasteiger partial charge < -0.3 is 14.6 Å². The maximum atomic E-state index is 12.3. The Morgan fingerprint density at radius 1 is 1.45 bits per heavy atom. The number of carbonyl (C=O) groups is 2. The van der Waals surface area contributed by atoms with Gasteiger partial charge in [-0.15, -0.1) is 0 Å². The number of hydrogen-bond donors (Lipinski definition) is 1. The fourth-order valence-electron chi connectivity index (χ4n) is 2.66. The molecular formula is C15H18N4O3. The van der Waals surface area contributed by atoms with E-state index in [0.717, 1.165) is 12.8 Å². The van der Waals surface area contributed by atoms with Crippen molar-refractivity contribution in [2.45, 2.75) is 12.8 Å². The lowest BCUT2D eigenvalue weighted by Crippen LogP contribution is -2.43. The van der Waals surface area contributed by atoms with E-state index in [4.69, 9.17) is 4.42 Å². The molecule has 3 heterocycles. The van der Waals surface area contributed by atoms with Crippen molar-refractivity contribution in [3.8, 4) is 0 Å². The Labute approximate surface area is 127 Å². The van der Waals surface area contributed by atoms with Crippen LogP contribution in [-0.4, -0.2) is 39.6 Å². The maximum Gasteiger partial charge on any atom is 0.289 e. The Hall–Kier alpha value is -2.57. The first-order valence-electron chi connectivity index (χ1n) is 7.26. The zero-order valence-corrected chi connectivity index (χ0v) is 12.4. The van der Waals surface area contributed by atoms with Crippen LogP contribution in [0.4, 0.5) is 5.69 Å². The van der Waals surface area contributed by atoms with E-state index in [1.165, 1.54) is 6.26 Å². The lowest BCUT2D eigenvalue weighted by Gasteiger charge is -2.31. The number of nitrogens with one attached hydrogen (secondary N) is 1. The number of rotatable bonds is 3. The Morgan fingerprint density at radius 3 is 3.00 bits per heavy atom. The highest BCUT2D eigenvalue weighted by Crippen LogP contribution is 2.20.